The van der Waals surface area contributed by atoms with Crippen LogP contribution < -0.4 is 10.6 Å². The lowest BCUT2D eigenvalue weighted by Crippen LogP contribution is -2.57. The Bertz CT molecular complexity index is 449. The minimum Gasteiger partial charge on any atom is -0.480 e. The van der Waals surface area contributed by atoms with Crippen molar-refractivity contribution >= 4 is 12.0 Å². The summed E-state index contributed by atoms with van der Waals surface area (Å²) in [6.45, 7) is 7.30. The molecule has 25 heavy (non-hydrogen) atoms. The highest BCUT2D eigenvalue weighted by Gasteiger charge is 2.35. The highest BCUT2D eigenvalue weighted by atomic mass is 16.4. The number of carbonyl (C=O) groups is 2. The van der Waals surface area contributed by atoms with Crippen molar-refractivity contribution in [3.8, 4) is 0 Å². The summed E-state index contributed by atoms with van der Waals surface area (Å²) in [4.78, 5) is 25.1. The second-order valence-corrected chi connectivity index (χ2v) is 8.17. The zero-order valence-corrected chi connectivity index (χ0v) is 16.0. The van der Waals surface area contributed by atoms with Gasteiger partial charge in [-0.15, -0.1) is 0 Å². The van der Waals surface area contributed by atoms with Crippen molar-refractivity contribution in [2.75, 3.05) is 13.1 Å². The highest BCUT2D eigenvalue weighted by Crippen LogP contribution is 2.31. The molecule has 0 aromatic heterocycles. The molecule has 2 fully saturated rings. The van der Waals surface area contributed by atoms with Crippen molar-refractivity contribution < 1.29 is 14.7 Å². The zero-order chi connectivity index (χ0) is 18.4. The van der Waals surface area contributed by atoms with Gasteiger partial charge in [0.05, 0.1) is 6.54 Å². The maximum Gasteiger partial charge on any atom is 0.317 e. The van der Waals surface area contributed by atoms with E-state index >= 15 is 0 Å². The molecule has 2 atom stereocenters. The quantitative estimate of drug-likeness (QED) is 0.595. The molecule has 6 nitrogen and oxygen atoms in total. The van der Waals surface area contributed by atoms with E-state index in [4.69, 9.17) is 5.11 Å². The van der Waals surface area contributed by atoms with Gasteiger partial charge in [0.15, 0.2) is 0 Å². The molecule has 0 aliphatic heterocycles. The van der Waals surface area contributed by atoms with E-state index in [1.54, 1.807) is 0 Å². The van der Waals surface area contributed by atoms with Crippen LogP contribution in [0.15, 0.2) is 0 Å². The lowest BCUT2D eigenvalue weighted by molar-refractivity contribution is -0.139. The first-order valence-electron chi connectivity index (χ1n) is 9.91. The molecule has 2 unspecified atom stereocenters. The molecule has 0 bridgehead atoms. The van der Waals surface area contributed by atoms with Gasteiger partial charge < -0.3 is 15.7 Å². The first kappa shape index (κ1) is 20.0. The van der Waals surface area contributed by atoms with Crippen LogP contribution >= 0.6 is 0 Å². The zero-order valence-electron chi connectivity index (χ0n) is 16.0. The van der Waals surface area contributed by atoms with Crippen molar-refractivity contribution in [2.24, 2.45) is 11.8 Å². The minimum atomic E-state index is -0.787. The molecule has 3 N–H and O–H groups in total. The van der Waals surface area contributed by atoms with Crippen LogP contribution in [0.3, 0.4) is 0 Å². The minimum absolute atomic E-state index is 0.0498. The maximum absolute atomic E-state index is 12.3. The molecule has 0 aromatic carbocycles. The lowest BCUT2D eigenvalue weighted by atomic mass is 9.85. The summed E-state index contributed by atoms with van der Waals surface area (Å²) in [5.74, 6) is 0.549. The van der Waals surface area contributed by atoms with Crippen molar-refractivity contribution in [3.63, 3.8) is 0 Å². The summed E-state index contributed by atoms with van der Waals surface area (Å²) in [5.41, 5.74) is 0. The number of rotatable bonds is 9. The molecule has 2 saturated carbocycles. The van der Waals surface area contributed by atoms with Gasteiger partial charge in [-0.1, -0.05) is 33.6 Å². The van der Waals surface area contributed by atoms with Crippen molar-refractivity contribution in [1.82, 2.24) is 15.5 Å². The second kappa shape index (κ2) is 9.41. The largest absolute Gasteiger partial charge is 0.480 e. The normalized spacial score (nSPS) is 28.8. The monoisotopic (exact) mass is 353 g/mol. The van der Waals surface area contributed by atoms with Gasteiger partial charge in [-0.25, -0.2) is 4.79 Å². The van der Waals surface area contributed by atoms with Gasteiger partial charge in [-0.3, -0.25) is 9.69 Å². The van der Waals surface area contributed by atoms with Crippen molar-refractivity contribution in [2.45, 2.75) is 83.8 Å². The third kappa shape index (κ3) is 6.17. The molecule has 144 valence electrons. The topological polar surface area (TPSA) is 81.7 Å². The number of urea groups is 1. The van der Waals surface area contributed by atoms with Crippen LogP contribution in [0.4, 0.5) is 4.79 Å². The second-order valence-electron chi connectivity index (χ2n) is 8.17. The van der Waals surface area contributed by atoms with Crippen LogP contribution in [0.2, 0.25) is 0 Å². The molecule has 6 heteroatoms. The summed E-state index contributed by atoms with van der Waals surface area (Å²) in [6, 6.07) is 0.708. The number of nitrogens with zero attached hydrogens (tertiary/aromatic N) is 1. The fourth-order valence-corrected chi connectivity index (χ4v) is 4.19. The maximum atomic E-state index is 12.3. The number of carboxylic acids is 1. The number of hydrogen-bond donors (Lipinski definition) is 3. The summed E-state index contributed by atoms with van der Waals surface area (Å²) >= 11 is 0. The first-order valence-corrected chi connectivity index (χ1v) is 9.91. The van der Waals surface area contributed by atoms with Gasteiger partial charge in [-0.05, 0) is 50.5 Å². The summed E-state index contributed by atoms with van der Waals surface area (Å²) in [5, 5.41) is 15.2. The Morgan fingerprint density at radius 1 is 1.20 bits per heavy atom. The van der Waals surface area contributed by atoms with Crippen LogP contribution in [0.25, 0.3) is 0 Å². The summed E-state index contributed by atoms with van der Waals surface area (Å²) in [7, 11) is 0. The molecule has 0 heterocycles. The van der Waals surface area contributed by atoms with E-state index in [2.05, 4.69) is 24.5 Å². The molecular weight excluding hydrogens is 318 g/mol. The van der Waals surface area contributed by atoms with E-state index in [9.17, 15) is 9.59 Å². The third-order valence-corrected chi connectivity index (χ3v) is 5.80. The van der Waals surface area contributed by atoms with Gasteiger partial charge in [0.25, 0.3) is 0 Å². The van der Waals surface area contributed by atoms with Gasteiger partial charge in [0.1, 0.15) is 0 Å². The number of likely N-dealkylation sites (N-methyl/N-ethyl adjacent to an activating group) is 1. The predicted molar refractivity (Wildman–Crippen MR) is 98.6 cm³/mol. The standard InChI is InChI=1S/C19H35N3O3/c1-4-22(12-18(23)24)16-10-15(11-16)20-19(25)21-17-7-5-6-14(17)9-8-13(2)3/h13-17H,4-12H2,1-3H3,(H,23,24)(H2,20,21,25). The van der Waals surface area contributed by atoms with Gasteiger partial charge in [0, 0.05) is 18.1 Å². The first-order chi connectivity index (χ1) is 11.9. The van der Waals surface area contributed by atoms with Gasteiger partial charge in [0.2, 0.25) is 0 Å². The molecule has 0 aromatic rings. The number of carboxylic acid groups (broad SMARTS) is 1. The number of aliphatic carboxylic acids is 1. The van der Waals surface area contributed by atoms with Crippen LogP contribution in [-0.2, 0) is 4.79 Å². The molecule has 2 amide bonds. The summed E-state index contributed by atoms with van der Waals surface area (Å²) < 4.78 is 0. The molecule has 0 radical (unpaired) electrons. The average molecular weight is 354 g/mol. The fraction of sp³-hybridized carbons (Fsp3) is 0.895. The van der Waals surface area contributed by atoms with Crippen LogP contribution in [0.1, 0.15) is 65.7 Å². The Kier molecular flexibility index (Phi) is 7.54. The molecule has 0 saturated heterocycles. The molecule has 2 rings (SSSR count). The van der Waals surface area contributed by atoms with E-state index < -0.39 is 5.97 Å². The van der Waals surface area contributed by atoms with E-state index in [0.29, 0.717) is 17.9 Å². The highest BCUT2D eigenvalue weighted by molar-refractivity contribution is 5.74. The molecule has 2 aliphatic rings. The van der Waals surface area contributed by atoms with Crippen LogP contribution in [0.5, 0.6) is 0 Å². The number of carbonyl (C=O) groups excluding carboxylic acids is 1. The summed E-state index contributed by atoms with van der Waals surface area (Å²) in [6.07, 6.45) is 7.64. The SMILES string of the molecule is CCN(CC(=O)O)C1CC(NC(=O)NC2CCCC2CCC(C)C)C1. The Morgan fingerprint density at radius 3 is 2.52 bits per heavy atom. The Hall–Kier alpha value is -1.30. The molecular formula is C19H35N3O3. The average Bonchev–Trinajstić information content (AvgIpc) is 2.93. The van der Waals surface area contributed by atoms with Crippen molar-refractivity contribution in [3.05, 3.63) is 0 Å². The van der Waals surface area contributed by atoms with Crippen LogP contribution in [-0.4, -0.2) is 53.2 Å². The Morgan fingerprint density at radius 2 is 1.92 bits per heavy atom. The predicted octanol–water partition coefficient (Wildman–Crippen LogP) is 2.83. The third-order valence-electron chi connectivity index (χ3n) is 5.80. The molecule has 0 spiro atoms. The van der Waals surface area contributed by atoms with E-state index in [1.165, 1.54) is 25.7 Å². The Labute approximate surface area is 151 Å². The van der Waals surface area contributed by atoms with Gasteiger partial charge in [-0.2, -0.15) is 0 Å². The number of amides is 2. The fourth-order valence-electron chi connectivity index (χ4n) is 4.19. The molecule has 2 aliphatic carbocycles. The van der Waals surface area contributed by atoms with Gasteiger partial charge >= 0.3 is 12.0 Å². The number of nitrogens with one attached hydrogen (secondary N) is 2. The Balaban J connectivity index is 1.68. The van der Waals surface area contributed by atoms with E-state index in [-0.39, 0.29) is 24.7 Å². The van der Waals surface area contributed by atoms with Crippen LogP contribution in [0, 0.1) is 11.8 Å². The lowest BCUT2D eigenvalue weighted by Gasteiger charge is -2.42. The van der Waals surface area contributed by atoms with Crippen molar-refractivity contribution in [1.29, 1.82) is 0 Å². The van der Waals surface area contributed by atoms with E-state index in [1.807, 2.05) is 11.8 Å². The smallest absolute Gasteiger partial charge is 0.317 e. The number of hydrogen-bond acceptors (Lipinski definition) is 3. The van der Waals surface area contributed by atoms with E-state index in [0.717, 1.165) is 25.8 Å².